The van der Waals surface area contributed by atoms with E-state index in [9.17, 15) is 4.39 Å². The predicted octanol–water partition coefficient (Wildman–Crippen LogP) is 4.72. The van der Waals surface area contributed by atoms with E-state index in [2.05, 4.69) is 22.9 Å². The van der Waals surface area contributed by atoms with Gasteiger partial charge in [-0.05, 0) is 64.7 Å². The van der Waals surface area contributed by atoms with Gasteiger partial charge in [0.05, 0.1) is 5.02 Å². The van der Waals surface area contributed by atoms with Crippen LogP contribution in [-0.4, -0.2) is 6.54 Å². The Morgan fingerprint density at radius 1 is 1.44 bits per heavy atom. The summed E-state index contributed by atoms with van der Waals surface area (Å²) in [5.41, 5.74) is 6.56. The Kier molecular flexibility index (Phi) is 4.68. The molecule has 0 heterocycles. The van der Waals surface area contributed by atoms with Gasteiger partial charge in [0, 0.05) is 4.47 Å². The van der Waals surface area contributed by atoms with Gasteiger partial charge in [-0.25, -0.2) is 4.39 Å². The fourth-order valence-electron chi connectivity index (χ4n) is 2.93. The molecule has 0 aromatic heterocycles. The lowest BCUT2D eigenvalue weighted by atomic mass is 9.71. The molecular formula is C14H18BrClFN. The smallest absolute Gasteiger partial charge is 0.146 e. The molecule has 3 unspecified atom stereocenters. The predicted molar refractivity (Wildman–Crippen MR) is 77.4 cm³/mol. The first kappa shape index (κ1) is 14.3. The van der Waals surface area contributed by atoms with Crippen molar-refractivity contribution >= 4 is 27.5 Å². The van der Waals surface area contributed by atoms with Crippen molar-refractivity contribution in [1.82, 2.24) is 0 Å². The molecule has 0 aliphatic heterocycles. The molecule has 1 aliphatic rings. The van der Waals surface area contributed by atoms with Gasteiger partial charge in [-0.3, -0.25) is 0 Å². The number of nitrogens with two attached hydrogens (primary N) is 1. The normalized spacial score (nSPS) is 28.4. The molecule has 1 nitrogen and oxygen atoms in total. The highest BCUT2D eigenvalue weighted by molar-refractivity contribution is 9.10. The summed E-state index contributed by atoms with van der Waals surface area (Å²) < 4.78 is 14.9. The van der Waals surface area contributed by atoms with E-state index in [4.69, 9.17) is 17.3 Å². The van der Waals surface area contributed by atoms with Crippen LogP contribution in [-0.2, 0) is 0 Å². The van der Waals surface area contributed by atoms with Crippen molar-refractivity contribution in [1.29, 1.82) is 0 Å². The highest BCUT2D eigenvalue weighted by atomic mass is 79.9. The van der Waals surface area contributed by atoms with Crippen molar-refractivity contribution in [2.24, 2.45) is 17.6 Å². The minimum atomic E-state index is -0.288. The lowest BCUT2D eigenvalue weighted by Crippen LogP contribution is -2.28. The van der Waals surface area contributed by atoms with E-state index >= 15 is 0 Å². The number of hydrogen-bond acceptors (Lipinski definition) is 1. The van der Waals surface area contributed by atoms with E-state index in [1.54, 1.807) is 0 Å². The van der Waals surface area contributed by atoms with Crippen LogP contribution >= 0.6 is 27.5 Å². The number of halogens is 3. The minimum absolute atomic E-state index is 0.182. The molecule has 0 bridgehead atoms. The second kappa shape index (κ2) is 5.89. The lowest BCUT2D eigenvalue weighted by molar-refractivity contribution is 0.249. The molecule has 0 amide bonds. The van der Waals surface area contributed by atoms with Crippen molar-refractivity contribution in [2.45, 2.75) is 32.1 Å². The van der Waals surface area contributed by atoms with Gasteiger partial charge in [0.25, 0.3) is 0 Å². The average molecular weight is 335 g/mol. The third kappa shape index (κ3) is 2.73. The molecular weight excluding hydrogens is 317 g/mol. The van der Waals surface area contributed by atoms with E-state index in [0.717, 1.165) is 18.4 Å². The van der Waals surface area contributed by atoms with E-state index in [0.29, 0.717) is 22.9 Å². The standard InChI is InChI=1S/C14H18BrClFN/c1-8-2-3-9(7-18)11(6-8)10-4-5-12(15)13(16)14(10)17/h4-5,8-9,11H,2-3,6-7,18H2,1H3. The number of benzene rings is 1. The molecule has 100 valence electrons. The molecule has 0 spiro atoms. The van der Waals surface area contributed by atoms with Crippen molar-refractivity contribution in [2.75, 3.05) is 6.54 Å². The van der Waals surface area contributed by atoms with Crippen molar-refractivity contribution in [3.05, 3.63) is 33.0 Å². The highest BCUT2D eigenvalue weighted by Crippen LogP contribution is 2.42. The summed E-state index contributed by atoms with van der Waals surface area (Å²) in [6, 6.07) is 3.67. The maximum absolute atomic E-state index is 14.3. The molecule has 0 radical (unpaired) electrons. The molecule has 0 saturated heterocycles. The monoisotopic (exact) mass is 333 g/mol. The summed E-state index contributed by atoms with van der Waals surface area (Å²) in [5, 5.41) is 0.182. The van der Waals surface area contributed by atoms with E-state index in [-0.39, 0.29) is 16.8 Å². The molecule has 1 aliphatic carbocycles. The van der Waals surface area contributed by atoms with Gasteiger partial charge < -0.3 is 5.73 Å². The molecule has 1 aromatic rings. The largest absolute Gasteiger partial charge is 0.330 e. The molecule has 1 fully saturated rings. The van der Waals surface area contributed by atoms with Crippen molar-refractivity contribution in [3.8, 4) is 0 Å². The first-order chi connectivity index (χ1) is 8.54. The van der Waals surface area contributed by atoms with Crippen LogP contribution in [0.3, 0.4) is 0 Å². The maximum atomic E-state index is 14.3. The Bertz CT molecular complexity index is 438. The molecule has 2 rings (SSSR count). The quantitative estimate of drug-likeness (QED) is 0.778. The first-order valence-electron chi connectivity index (χ1n) is 6.38. The summed E-state index contributed by atoms with van der Waals surface area (Å²) >= 11 is 9.23. The van der Waals surface area contributed by atoms with Crippen LogP contribution < -0.4 is 5.73 Å². The molecule has 1 saturated carbocycles. The molecule has 2 N–H and O–H groups in total. The molecule has 18 heavy (non-hydrogen) atoms. The summed E-state index contributed by atoms with van der Waals surface area (Å²) in [5.74, 6) is 0.903. The average Bonchev–Trinajstić information content (AvgIpc) is 2.36. The van der Waals surface area contributed by atoms with E-state index in [1.807, 2.05) is 12.1 Å². The minimum Gasteiger partial charge on any atom is -0.330 e. The Morgan fingerprint density at radius 2 is 2.17 bits per heavy atom. The SMILES string of the molecule is CC1CCC(CN)C(c2ccc(Br)c(Cl)c2F)C1. The summed E-state index contributed by atoms with van der Waals surface area (Å²) in [4.78, 5) is 0. The third-order valence-electron chi connectivity index (χ3n) is 4.02. The molecule has 1 aromatic carbocycles. The number of rotatable bonds is 2. The second-order valence-corrected chi connectivity index (χ2v) is 6.52. The van der Waals surface area contributed by atoms with E-state index < -0.39 is 0 Å². The lowest BCUT2D eigenvalue weighted by Gasteiger charge is -2.35. The molecule has 4 heteroatoms. The van der Waals surface area contributed by atoms with Gasteiger partial charge in [-0.15, -0.1) is 0 Å². The summed E-state index contributed by atoms with van der Waals surface area (Å²) in [6.07, 6.45) is 3.26. The number of hydrogen-bond donors (Lipinski definition) is 1. The Hall–Kier alpha value is -0.120. The Morgan fingerprint density at radius 3 is 2.83 bits per heavy atom. The fraction of sp³-hybridized carbons (Fsp3) is 0.571. The summed E-state index contributed by atoms with van der Waals surface area (Å²) in [6.45, 7) is 2.84. The first-order valence-corrected chi connectivity index (χ1v) is 7.55. The van der Waals surface area contributed by atoms with Gasteiger partial charge >= 0.3 is 0 Å². The van der Waals surface area contributed by atoms with Crippen LogP contribution in [0.25, 0.3) is 0 Å². The van der Waals surface area contributed by atoms with Crippen LogP contribution in [0.4, 0.5) is 4.39 Å². The maximum Gasteiger partial charge on any atom is 0.146 e. The van der Waals surface area contributed by atoms with Gasteiger partial charge in [-0.2, -0.15) is 0 Å². The zero-order chi connectivity index (χ0) is 13.3. The van der Waals surface area contributed by atoms with Crippen LogP contribution in [0.2, 0.25) is 5.02 Å². The van der Waals surface area contributed by atoms with Gasteiger partial charge in [0.1, 0.15) is 5.82 Å². The fourth-order valence-corrected chi connectivity index (χ4v) is 3.41. The van der Waals surface area contributed by atoms with Gasteiger partial charge in [0.15, 0.2) is 0 Å². The van der Waals surface area contributed by atoms with Crippen LogP contribution in [0.5, 0.6) is 0 Å². The van der Waals surface area contributed by atoms with Gasteiger partial charge in [-0.1, -0.05) is 31.0 Å². The molecule has 3 atom stereocenters. The van der Waals surface area contributed by atoms with Crippen molar-refractivity contribution < 1.29 is 4.39 Å². The Balaban J connectivity index is 2.36. The zero-order valence-corrected chi connectivity index (χ0v) is 12.8. The van der Waals surface area contributed by atoms with Crippen molar-refractivity contribution in [3.63, 3.8) is 0 Å². The van der Waals surface area contributed by atoms with E-state index in [1.165, 1.54) is 6.42 Å². The van der Waals surface area contributed by atoms with Gasteiger partial charge in [0.2, 0.25) is 0 Å². The van der Waals surface area contributed by atoms with Crippen LogP contribution in [0.1, 0.15) is 37.7 Å². The Labute approximate surface area is 121 Å². The van der Waals surface area contributed by atoms with Crippen LogP contribution in [0.15, 0.2) is 16.6 Å². The topological polar surface area (TPSA) is 26.0 Å². The van der Waals surface area contributed by atoms with Crippen LogP contribution in [0, 0.1) is 17.7 Å². The summed E-state index contributed by atoms with van der Waals surface area (Å²) in [7, 11) is 0. The zero-order valence-electron chi connectivity index (χ0n) is 10.4. The third-order valence-corrected chi connectivity index (χ3v) is 5.28. The highest BCUT2D eigenvalue weighted by Gasteiger charge is 2.31. The second-order valence-electron chi connectivity index (χ2n) is 5.29.